The third-order valence-corrected chi connectivity index (χ3v) is 4.09. The normalized spacial score (nSPS) is 17.8. The fourth-order valence-electron chi connectivity index (χ4n) is 0.840. The lowest BCUT2D eigenvalue weighted by molar-refractivity contribution is 0.589. The molecule has 12 heavy (non-hydrogen) atoms. The molecule has 0 amide bonds. The Morgan fingerprint density at radius 3 is 2.42 bits per heavy atom. The van der Waals surface area contributed by atoms with Crippen LogP contribution in [-0.2, 0) is 9.84 Å². The van der Waals surface area contributed by atoms with Crippen LogP contribution in [0.2, 0.25) is 0 Å². The van der Waals surface area contributed by atoms with Crippen molar-refractivity contribution in [3.05, 3.63) is 11.6 Å². The molecule has 0 aliphatic carbocycles. The van der Waals surface area contributed by atoms with Gasteiger partial charge >= 0.3 is 0 Å². The smallest absolute Gasteiger partial charge is 0.156 e. The second-order valence-corrected chi connectivity index (χ2v) is 5.95. The van der Waals surface area contributed by atoms with Gasteiger partial charge in [0.1, 0.15) is 0 Å². The van der Waals surface area contributed by atoms with Gasteiger partial charge in [-0.25, -0.2) is 8.42 Å². The average molecular weight is 189 g/mol. The molecule has 3 nitrogen and oxygen atoms in total. The van der Waals surface area contributed by atoms with Crippen molar-refractivity contribution < 1.29 is 8.42 Å². The second-order valence-electron chi connectivity index (χ2n) is 3.34. The standard InChI is InChI=1S/C8H15NO2S/c1-7(2)12(10,11)4-3-8-5-9-6-8/h3,7,9H,4-6H2,1-2H3. The number of nitrogens with one attached hydrogen (secondary N) is 1. The van der Waals surface area contributed by atoms with Crippen LogP contribution in [0.15, 0.2) is 11.6 Å². The second kappa shape index (κ2) is 3.58. The van der Waals surface area contributed by atoms with E-state index in [1.54, 1.807) is 13.8 Å². The molecule has 1 fully saturated rings. The summed E-state index contributed by atoms with van der Waals surface area (Å²) in [6.07, 6.45) is 1.83. The minimum Gasteiger partial charge on any atom is -0.309 e. The Bertz CT molecular complexity index is 271. The van der Waals surface area contributed by atoms with Gasteiger partial charge in [0, 0.05) is 13.1 Å². The van der Waals surface area contributed by atoms with E-state index in [1.165, 1.54) is 5.57 Å². The molecule has 70 valence electrons. The number of sulfone groups is 1. The molecule has 0 saturated carbocycles. The third kappa shape index (κ3) is 2.32. The molecule has 1 aliphatic rings. The van der Waals surface area contributed by atoms with Crippen molar-refractivity contribution in [3.63, 3.8) is 0 Å². The molecule has 1 saturated heterocycles. The predicted octanol–water partition coefficient (Wildman–Crippen LogP) is 0.339. The molecule has 0 aromatic heterocycles. The highest BCUT2D eigenvalue weighted by atomic mass is 32.2. The van der Waals surface area contributed by atoms with Gasteiger partial charge in [-0.05, 0) is 19.4 Å². The van der Waals surface area contributed by atoms with Gasteiger partial charge in [-0.3, -0.25) is 0 Å². The molecule has 0 unspecified atom stereocenters. The quantitative estimate of drug-likeness (QED) is 0.651. The van der Waals surface area contributed by atoms with Gasteiger partial charge in [-0.2, -0.15) is 0 Å². The molecule has 0 aromatic carbocycles. The molecule has 1 rings (SSSR count). The Balaban J connectivity index is 2.50. The van der Waals surface area contributed by atoms with Crippen LogP contribution in [0.3, 0.4) is 0 Å². The largest absolute Gasteiger partial charge is 0.309 e. The SMILES string of the molecule is CC(C)S(=O)(=O)CC=C1CNC1. The molecule has 0 radical (unpaired) electrons. The van der Waals surface area contributed by atoms with Crippen LogP contribution in [0, 0.1) is 0 Å². The third-order valence-electron chi connectivity index (χ3n) is 2.03. The highest BCUT2D eigenvalue weighted by Crippen LogP contribution is 2.05. The van der Waals surface area contributed by atoms with Crippen molar-refractivity contribution in [1.82, 2.24) is 5.32 Å². The highest BCUT2D eigenvalue weighted by Gasteiger charge is 2.15. The van der Waals surface area contributed by atoms with Crippen LogP contribution in [0.4, 0.5) is 0 Å². The molecule has 0 spiro atoms. The zero-order valence-electron chi connectivity index (χ0n) is 7.50. The van der Waals surface area contributed by atoms with Crippen LogP contribution in [0.5, 0.6) is 0 Å². The minimum atomic E-state index is -2.87. The lowest BCUT2D eigenvalue weighted by atomic mass is 10.1. The van der Waals surface area contributed by atoms with Gasteiger partial charge in [0.15, 0.2) is 9.84 Å². The number of hydrogen-bond acceptors (Lipinski definition) is 3. The minimum absolute atomic E-state index is 0.196. The van der Waals surface area contributed by atoms with Crippen LogP contribution in [0.25, 0.3) is 0 Å². The van der Waals surface area contributed by atoms with Crippen LogP contribution >= 0.6 is 0 Å². The Morgan fingerprint density at radius 2 is 2.08 bits per heavy atom. The topological polar surface area (TPSA) is 46.2 Å². The molecular formula is C8H15NO2S. The fourth-order valence-corrected chi connectivity index (χ4v) is 1.69. The highest BCUT2D eigenvalue weighted by molar-refractivity contribution is 7.92. The summed E-state index contributed by atoms with van der Waals surface area (Å²) in [6, 6.07) is 0. The maximum atomic E-state index is 11.3. The molecule has 1 aliphatic heterocycles. The summed E-state index contributed by atoms with van der Waals surface area (Å²) in [7, 11) is -2.87. The van der Waals surface area contributed by atoms with Gasteiger partial charge in [-0.1, -0.05) is 6.08 Å². The first-order chi connectivity index (χ1) is 5.52. The maximum absolute atomic E-state index is 11.3. The van der Waals surface area contributed by atoms with Crippen LogP contribution in [-0.4, -0.2) is 32.5 Å². The lowest BCUT2D eigenvalue weighted by Crippen LogP contribution is -2.34. The first kappa shape index (κ1) is 9.74. The Labute approximate surface area is 73.8 Å². The fraction of sp³-hybridized carbons (Fsp3) is 0.750. The van der Waals surface area contributed by atoms with Gasteiger partial charge < -0.3 is 5.32 Å². The van der Waals surface area contributed by atoms with Crippen molar-refractivity contribution in [2.45, 2.75) is 19.1 Å². The summed E-state index contributed by atoms with van der Waals surface area (Å²) >= 11 is 0. The van der Waals surface area contributed by atoms with Crippen LogP contribution in [0.1, 0.15) is 13.8 Å². The summed E-state index contributed by atoms with van der Waals surface area (Å²) < 4.78 is 22.6. The van der Waals surface area contributed by atoms with Crippen molar-refractivity contribution >= 4 is 9.84 Å². The first-order valence-electron chi connectivity index (χ1n) is 4.12. The van der Waals surface area contributed by atoms with E-state index < -0.39 is 9.84 Å². The van der Waals surface area contributed by atoms with Gasteiger partial charge in [0.25, 0.3) is 0 Å². The number of rotatable bonds is 3. The van der Waals surface area contributed by atoms with E-state index in [0.29, 0.717) is 0 Å². The summed E-state index contributed by atoms with van der Waals surface area (Å²) in [5.74, 6) is 0.196. The van der Waals surface area contributed by atoms with Gasteiger partial charge in [0.05, 0.1) is 11.0 Å². The molecule has 0 aromatic rings. The predicted molar refractivity (Wildman–Crippen MR) is 49.9 cm³/mol. The van der Waals surface area contributed by atoms with Crippen molar-refractivity contribution in [3.8, 4) is 0 Å². The van der Waals surface area contributed by atoms with E-state index in [4.69, 9.17) is 0 Å². The van der Waals surface area contributed by atoms with E-state index >= 15 is 0 Å². The molecule has 1 heterocycles. The van der Waals surface area contributed by atoms with Crippen molar-refractivity contribution in [2.75, 3.05) is 18.8 Å². The zero-order valence-corrected chi connectivity index (χ0v) is 8.32. The lowest BCUT2D eigenvalue weighted by Gasteiger charge is -2.18. The molecule has 0 bridgehead atoms. The zero-order chi connectivity index (χ0) is 9.19. The summed E-state index contributed by atoms with van der Waals surface area (Å²) in [6.45, 7) is 5.14. The van der Waals surface area contributed by atoms with Gasteiger partial charge in [-0.15, -0.1) is 0 Å². The van der Waals surface area contributed by atoms with E-state index in [-0.39, 0.29) is 11.0 Å². The monoisotopic (exact) mass is 189 g/mol. The van der Waals surface area contributed by atoms with Crippen LogP contribution < -0.4 is 5.32 Å². The molecular weight excluding hydrogens is 174 g/mol. The molecule has 4 heteroatoms. The van der Waals surface area contributed by atoms with E-state index in [0.717, 1.165) is 13.1 Å². The van der Waals surface area contributed by atoms with Gasteiger partial charge in [0.2, 0.25) is 0 Å². The Hall–Kier alpha value is -0.350. The summed E-state index contributed by atoms with van der Waals surface area (Å²) in [5, 5.41) is 2.80. The maximum Gasteiger partial charge on any atom is 0.156 e. The van der Waals surface area contributed by atoms with E-state index in [9.17, 15) is 8.42 Å². The molecule has 0 atom stereocenters. The Morgan fingerprint density at radius 1 is 1.50 bits per heavy atom. The average Bonchev–Trinajstić information content (AvgIpc) is 1.83. The van der Waals surface area contributed by atoms with Crippen molar-refractivity contribution in [1.29, 1.82) is 0 Å². The van der Waals surface area contributed by atoms with E-state index in [2.05, 4.69) is 5.32 Å². The summed E-state index contributed by atoms with van der Waals surface area (Å²) in [5.41, 5.74) is 1.21. The molecule has 1 N–H and O–H groups in total. The first-order valence-corrected chi connectivity index (χ1v) is 5.84. The van der Waals surface area contributed by atoms with Crippen molar-refractivity contribution in [2.24, 2.45) is 0 Å². The number of hydrogen-bond donors (Lipinski definition) is 1. The summed E-state index contributed by atoms with van der Waals surface area (Å²) in [4.78, 5) is 0. The Kier molecular flexibility index (Phi) is 2.90. The van der Waals surface area contributed by atoms with E-state index in [1.807, 2.05) is 6.08 Å².